The van der Waals surface area contributed by atoms with E-state index in [9.17, 15) is 4.79 Å². The Kier molecular flexibility index (Phi) is 4.07. The number of hydrogen-bond donors (Lipinski definition) is 0. The van der Waals surface area contributed by atoms with Crippen LogP contribution in [0.2, 0.25) is 0 Å². The molecule has 2 aliphatic rings. The summed E-state index contributed by atoms with van der Waals surface area (Å²) in [6, 6.07) is 6.25. The number of carbonyl (C=O) groups excluding carboxylic acids is 1. The average molecular weight is 354 g/mol. The largest absolute Gasteiger partial charge is 0.497 e. The molecule has 0 aliphatic carbocycles. The molecule has 0 fully saturated rings. The predicted molar refractivity (Wildman–Crippen MR) is 101 cm³/mol. The number of aromatic nitrogens is 1. The fraction of sp³-hybridized carbons (Fsp3) is 0.476. The summed E-state index contributed by atoms with van der Waals surface area (Å²) >= 11 is 0. The van der Waals surface area contributed by atoms with Crippen LogP contribution in [-0.2, 0) is 23.0 Å². The van der Waals surface area contributed by atoms with Crippen molar-refractivity contribution in [3.05, 3.63) is 41.6 Å². The molecule has 5 heteroatoms. The second kappa shape index (κ2) is 6.16. The lowest BCUT2D eigenvalue weighted by Gasteiger charge is -2.47. The summed E-state index contributed by atoms with van der Waals surface area (Å²) in [5, 5.41) is 1.26. The van der Waals surface area contributed by atoms with E-state index in [1.807, 2.05) is 6.07 Å². The summed E-state index contributed by atoms with van der Waals surface area (Å²) in [6.45, 7) is 3.89. The molecule has 1 aromatic heterocycles. The average Bonchev–Trinajstić information content (AvgIpc) is 2.98. The van der Waals surface area contributed by atoms with Crippen LogP contribution in [-0.4, -0.2) is 42.7 Å². The Balaban J connectivity index is 1.98. The van der Waals surface area contributed by atoms with Crippen LogP contribution in [0.5, 0.6) is 5.75 Å². The Bertz CT molecular complexity index is 898. The van der Waals surface area contributed by atoms with E-state index in [-0.39, 0.29) is 12.0 Å². The molecule has 0 N–H and O–H groups in total. The quantitative estimate of drug-likeness (QED) is 0.627. The minimum atomic E-state index is -0.644. The molecule has 0 radical (unpaired) electrons. The number of benzene rings is 1. The predicted octanol–water partition coefficient (Wildman–Crippen LogP) is 3.23. The molecule has 26 heavy (non-hydrogen) atoms. The van der Waals surface area contributed by atoms with Crippen molar-refractivity contribution in [1.82, 2.24) is 9.47 Å². The van der Waals surface area contributed by atoms with Crippen molar-refractivity contribution in [2.75, 3.05) is 27.3 Å². The summed E-state index contributed by atoms with van der Waals surface area (Å²) in [6.07, 6.45) is 5.90. The summed E-state index contributed by atoms with van der Waals surface area (Å²) < 4.78 is 12.9. The molecule has 5 nitrogen and oxygen atoms in total. The highest BCUT2D eigenvalue weighted by Crippen LogP contribution is 2.50. The Morgan fingerprint density at radius 2 is 2.15 bits per heavy atom. The van der Waals surface area contributed by atoms with Crippen LogP contribution in [0, 0.1) is 5.41 Å². The molecule has 138 valence electrons. The Hall–Kier alpha value is -2.27. The number of fused-ring (bicyclic) bond motifs is 5. The van der Waals surface area contributed by atoms with Crippen molar-refractivity contribution in [1.29, 1.82) is 0 Å². The number of rotatable bonds is 3. The number of ether oxygens (including phenoxy) is 2. The van der Waals surface area contributed by atoms with Crippen molar-refractivity contribution in [3.8, 4) is 5.75 Å². The van der Waals surface area contributed by atoms with E-state index in [4.69, 9.17) is 9.47 Å². The first kappa shape index (κ1) is 17.2. The van der Waals surface area contributed by atoms with Crippen LogP contribution in [0.15, 0.2) is 30.4 Å². The van der Waals surface area contributed by atoms with Gasteiger partial charge in [-0.25, -0.2) is 0 Å². The van der Waals surface area contributed by atoms with Crippen LogP contribution in [0.4, 0.5) is 0 Å². The van der Waals surface area contributed by atoms with Crippen molar-refractivity contribution < 1.29 is 14.3 Å². The van der Waals surface area contributed by atoms with Gasteiger partial charge in [0.25, 0.3) is 0 Å². The molecule has 0 unspecified atom stereocenters. The first-order valence-corrected chi connectivity index (χ1v) is 9.22. The Morgan fingerprint density at radius 1 is 1.35 bits per heavy atom. The number of aryl methyl sites for hydroxylation is 1. The number of esters is 1. The Labute approximate surface area is 154 Å². The molecule has 0 saturated heterocycles. The van der Waals surface area contributed by atoms with Crippen molar-refractivity contribution >= 4 is 16.9 Å². The molecule has 3 heterocycles. The van der Waals surface area contributed by atoms with Gasteiger partial charge >= 0.3 is 5.97 Å². The topological polar surface area (TPSA) is 43.7 Å². The van der Waals surface area contributed by atoms with Crippen LogP contribution in [0.3, 0.4) is 0 Å². The summed E-state index contributed by atoms with van der Waals surface area (Å²) in [5.41, 5.74) is 3.09. The van der Waals surface area contributed by atoms with E-state index in [1.165, 1.54) is 23.8 Å². The number of nitrogens with zero attached hydrogens (tertiary/aromatic N) is 2. The van der Waals surface area contributed by atoms with Crippen LogP contribution < -0.4 is 4.74 Å². The molecular formula is C21H26N2O3. The fourth-order valence-corrected chi connectivity index (χ4v) is 4.89. The number of methoxy groups -OCH3 is 2. The highest BCUT2D eigenvalue weighted by molar-refractivity contribution is 5.88. The van der Waals surface area contributed by atoms with E-state index >= 15 is 0 Å². The normalized spacial score (nSPS) is 25.0. The SMILES string of the molecule is CC[C@@]1(C(=O)OC)C=CCN2CCc3c(n(C)c4cc(OC)ccc34)[C@@H]21. The third-order valence-corrected chi connectivity index (χ3v) is 6.23. The first-order valence-electron chi connectivity index (χ1n) is 9.22. The van der Waals surface area contributed by atoms with Gasteiger partial charge in [-0.15, -0.1) is 0 Å². The first-order chi connectivity index (χ1) is 12.6. The highest BCUT2D eigenvalue weighted by Gasteiger charge is 2.51. The molecule has 0 bridgehead atoms. The van der Waals surface area contributed by atoms with Gasteiger partial charge in [-0.05, 0) is 30.5 Å². The van der Waals surface area contributed by atoms with Crippen molar-refractivity contribution in [2.24, 2.45) is 12.5 Å². The highest BCUT2D eigenvalue weighted by atomic mass is 16.5. The molecule has 1 aromatic carbocycles. The van der Waals surface area contributed by atoms with Crippen molar-refractivity contribution in [2.45, 2.75) is 25.8 Å². The fourth-order valence-electron chi connectivity index (χ4n) is 4.89. The zero-order valence-corrected chi connectivity index (χ0v) is 15.9. The van der Waals surface area contributed by atoms with E-state index in [2.05, 4.69) is 47.7 Å². The van der Waals surface area contributed by atoms with E-state index in [0.29, 0.717) is 6.42 Å². The van der Waals surface area contributed by atoms with Gasteiger partial charge in [0.15, 0.2) is 0 Å². The maximum atomic E-state index is 12.9. The van der Waals surface area contributed by atoms with E-state index in [0.717, 1.165) is 30.8 Å². The molecule has 2 atom stereocenters. The third kappa shape index (κ3) is 2.16. The van der Waals surface area contributed by atoms with Gasteiger partial charge in [-0.3, -0.25) is 9.69 Å². The maximum Gasteiger partial charge on any atom is 0.317 e. The van der Waals surface area contributed by atoms with Gasteiger partial charge in [-0.1, -0.05) is 19.1 Å². The summed E-state index contributed by atoms with van der Waals surface area (Å²) in [5.74, 6) is 0.701. The zero-order valence-electron chi connectivity index (χ0n) is 15.9. The molecule has 0 saturated carbocycles. The molecule has 4 rings (SSSR count). The van der Waals surface area contributed by atoms with E-state index in [1.54, 1.807) is 7.11 Å². The lowest BCUT2D eigenvalue weighted by atomic mass is 9.71. The smallest absolute Gasteiger partial charge is 0.317 e. The van der Waals surface area contributed by atoms with Gasteiger partial charge in [0.1, 0.15) is 11.2 Å². The van der Waals surface area contributed by atoms with Gasteiger partial charge in [0.2, 0.25) is 0 Å². The third-order valence-electron chi connectivity index (χ3n) is 6.23. The minimum Gasteiger partial charge on any atom is -0.497 e. The minimum absolute atomic E-state index is 0.00269. The standard InChI is InChI=1S/C21H26N2O3/c1-5-21(20(24)26-4)10-6-11-23-12-9-16-15-8-7-14(25-3)13-17(15)22(2)18(16)19(21)23/h6-8,10,13,19H,5,9,11-12H2,1-4H3/t19-,21-/m1/s1. The lowest BCUT2D eigenvalue weighted by Crippen LogP contribution is -2.51. The second-order valence-electron chi connectivity index (χ2n) is 7.24. The van der Waals surface area contributed by atoms with E-state index < -0.39 is 5.41 Å². The summed E-state index contributed by atoms with van der Waals surface area (Å²) in [4.78, 5) is 15.3. The lowest BCUT2D eigenvalue weighted by molar-refractivity contribution is -0.155. The van der Waals surface area contributed by atoms with Crippen LogP contribution in [0.25, 0.3) is 10.9 Å². The van der Waals surface area contributed by atoms with Crippen molar-refractivity contribution in [3.63, 3.8) is 0 Å². The maximum absolute atomic E-state index is 12.9. The monoisotopic (exact) mass is 354 g/mol. The Morgan fingerprint density at radius 3 is 2.85 bits per heavy atom. The van der Waals surface area contributed by atoms with Gasteiger partial charge in [-0.2, -0.15) is 0 Å². The van der Waals surface area contributed by atoms with Crippen LogP contribution in [0.1, 0.15) is 30.6 Å². The molecule has 0 spiro atoms. The van der Waals surface area contributed by atoms with Gasteiger partial charge in [0, 0.05) is 37.3 Å². The molecule has 2 aromatic rings. The molecular weight excluding hydrogens is 328 g/mol. The number of hydrogen-bond acceptors (Lipinski definition) is 4. The summed E-state index contributed by atoms with van der Waals surface area (Å²) in [7, 11) is 5.28. The second-order valence-corrected chi connectivity index (χ2v) is 7.24. The van der Waals surface area contributed by atoms with Gasteiger partial charge in [0.05, 0.1) is 25.8 Å². The molecule has 2 aliphatic heterocycles. The zero-order chi connectivity index (χ0) is 18.5. The molecule has 0 amide bonds. The van der Waals surface area contributed by atoms with Crippen LogP contribution >= 0.6 is 0 Å². The van der Waals surface area contributed by atoms with Gasteiger partial charge < -0.3 is 14.0 Å². The number of carbonyl (C=O) groups is 1.